The Hall–Kier alpha value is -3.32. The van der Waals surface area contributed by atoms with Crippen LogP contribution in [0.25, 0.3) is 5.69 Å². The lowest BCUT2D eigenvalue weighted by molar-refractivity contribution is -0.118. The van der Waals surface area contributed by atoms with Crippen molar-refractivity contribution in [1.82, 2.24) is 14.9 Å². The van der Waals surface area contributed by atoms with Gasteiger partial charge in [0.05, 0.1) is 23.1 Å². The van der Waals surface area contributed by atoms with E-state index in [1.54, 1.807) is 30.6 Å². The summed E-state index contributed by atoms with van der Waals surface area (Å²) < 4.78 is 15.8. The summed E-state index contributed by atoms with van der Waals surface area (Å²) in [5.74, 6) is -0.914. The maximum Gasteiger partial charge on any atom is 0.255 e. The monoisotopic (exact) mass is 364 g/mol. The van der Waals surface area contributed by atoms with Crippen LogP contribution in [-0.2, 0) is 17.8 Å². The maximum absolute atomic E-state index is 14.5. The molecule has 2 N–H and O–H groups in total. The number of anilines is 1. The standard InChI is InChI=1S/C20H17FN4O2/c21-15-11-14(25-9-2-1-5-19(25)26)6-7-16(15)24-20(27)17-10-13-4-3-8-22-18(13)12-23-17/h1-9,11,17,23H,10,12H2,(H,24,27). The molecule has 1 amide bonds. The molecule has 2 aromatic heterocycles. The largest absolute Gasteiger partial charge is 0.322 e. The summed E-state index contributed by atoms with van der Waals surface area (Å²) in [6, 6.07) is 12.3. The predicted octanol–water partition coefficient (Wildman–Crippen LogP) is 2.02. The zero-order valence-corrected chi connectivity index (χ0v) is 14.4. The first-order valence-electron chi connectivity index (χ1n) is 8.56. The summed E-state index contributed by atoms with van der Waals surface area (Å²) in [4.78, 5) is 28.7. The van der Waals surface area contributed by atoms with Gasteiger partial charge in [-0.25, -0.2) is 4.39 Å². The molecule has 1 unspecified atom stereocenters. The lowest BCUT2D eigenvalue weighted by Crippen LogP contribution is -2.45. The highest BCUT2D eigenvalue weighted by Crippen LogP contribution is 2.20. The number of carbonyl (C=O) groups excluding carboxylic acids is 1. The second-order valence-corrected chi connectivity index (χ2v) is 6.31. The number of fused-ring (bicyclic) bond motifs is 1. The van der Waals surface area contributed by atoms with Gasteiger partial charge in [-0.1, -0.05) is 12.1 Å². The molecule has 7 heteroatoms. The van der Waals surface area contributed by atoms with Crippen molar-refractivity contribution in [3.63, 3.8) is 0 Å². The van der Waals surface area contributed by atoms with Crippen LogP contribution in [0.5, 0.6) is 0 Å². The minimum Gasteiger partial charge on any atom is -0.322 e. The fraction of sp³-hybridized carbons (Fsp3) is 0.150. The summed E-state index contributed by atoms with van der Waals surface area (Å²) in [6.07, 6.45) is 3.77. The number of halogens is 1. The van der Waals surface area contributed by atoms with Gasteiger partial charge in [0.1, 0.15) is 5.82 Å². The molecule has 0 saturated heterocycles. The summed E-state index contributed by atoms with van der Waals surface area (Å²) in [6.45, 7) is 0.493. The van der Waals surface area contributed by atoms with Crippen LogP contribution in [0.15, 0.2) is 65.7 Å². The van der Waals surface area contributed by atoms with Gasteiger partial charge in [-0.15, -0.1) is 0 Å². The Labute approximate surface area is 154 Å². The van der Waals surface area contributed by atoms with Gasteiger partial charge >= 0.3 is 0 Å². The Bertz CT molecular complexity index is 1060. The van der Waals surface area contributed by atoms with E-state index in [0.717, 1.165) is 11.3 Å². The van der Waals surface area contributed by atoms with Gasteiger partial charge in [-0.2, -0.15) is 0 Å². The molecular weight excluding hydrogens is 347 g/mol. The summed E-state index contributed by atoms with van der Waals surface area (Å²) >= 11 is 0. The van der Waals surface area contributed by atoms with E-state index in [9.17, 15) is 14.0 Å². The van der Waals surface area contributed by atoms with Gasteiger partial charge in [-0.05, 0) is 36.2 Å². The number of aromatic nitrogens is 2. The Balaban J connectivity index is 1.51. The molecule has 136 valence electrons. The molecule has 1 atom stereocenters. The number of carbonyl (C=O) groups is 1. The second kappa shape index (κ2) is 7.13. The van der Waals surface area contributed by atoms with E-state index >= 15 is 0 Å². The highest BCUT2D eigenvalue weighted by molar-refractivity contribution is 5.95. The molecule has 1 aliphatic rings. The maximum atomic E-state index is 14.5. The van der Waals surface area contributed by atoms with Gasteiger partial charge in [0, 0.05) is 31.1 Å². The third-order valence-corrected chi connectivity index (χ3v) is 4.55. The number of nitrogens with one attached hydrogen (secondary N) is 2. The molecule has 27 heavy (non-hydrogen) atoms. The van der Waals surface area contributed by atoms with E-state index in [1.807, 2.05) is 12.1 Å². The highest BCUT2D eigenvalue weighted by Gasteiger charge is 2.25. The van der Waals surface area contributed by atoms with E-state index in [4.69, 9.17) is 0 Å². The summed E-state index contributed by atoms with van der Waals surface area (Å²) in [7, 11) is 0. The lowest BCUT2D eigenvalue weighted by atomic mass is 9.99. The van der Waals surface area contributed by atoms with Crippen LogP contribution in [0.4, 0.5) is 10.1 Å². The molecule has 0 spiro atoms. The minimum absolute atomic E-state index is 0.0755. The first kappa shape index (κ1) is 17.1. The van der Waals surface area contributed by atoms with Crippen LogP contribution in [0.2, 0.25) is 0 Å². The zero-order chi connectivity index (χ0) is 18.8. The average molecular weight is 364 g/mol. The van der Waals surface area contributed by atoms with Gasteiger partial charge < -0.3 is 5.32 Å². The van der Waals surface area contributed by atoms with Crippen molar-refractivity contribution in [1.29, 1.82) is 0 Å². The van der Waals surface area contributed by atoms with Crippen LogP contribution < -0.4 is 16.2 Å². The van der Waals surface area contributed by atoms with Crippen LogP contribution >= 0.6 is 0 Å². The van der Waals surface area contributed by atoms with Gasteiger partial charge in [0.15, 0.2) is 0 Å². The second-order valence-electron chi connectivity index (χ2n) is 6.31. The number of pyridine rings is 2. The lowest BCUT2D eigenvalue weighted by Gasteiger charge is -2.24. The van der Waals surface area contributed by atoms with E-state index in [2.05, 4.69) is 15.6 Å². The number of amides is 1. The summed E-state index contributed by atoms with van der Waals surface area (Å²) in [5.41, 5.74) is 2.15. The number of rotatable bonds is 3. The fourth-order valence-corrected chi connectivity index (χ4v) is 3.13. The van der Waals surface area contributed by atoms with Crippen molar-refractivity contribution in [2.24, 2.45) is 0 Å². The molecule has 3 aromatic rings. The SMILES string of the molecule is O=C(Nc1ccc(-n2ccccc2=O)cc1F)C1Cc2cccnc2CN1. The van der Waals surface area contributed by atoms with Crippen LogP contribution in [0.1, 0.15) is 11.3 Å². The first-order chi connectivity index (χ1) is 13.1. The molecular formula is C20H17FN4O2. The Morgan fingerprint density at radius 1 is 1.22 bits per heavy atom. The van der Waals surface area contributed by atoms with Gasteiger partial charge in [0.25, 0.3) is 5.56 Å². The smallest absolute Gasteiger partial charge is 0.255 e. The van der Waals surface area contributed by atoms with Crippen LogP contribution in [-0.4, -0.2) is 21.5 Å². The predicted molar refractivity (Wildman–Crippen MR) is 99.2 cm³/mol. The van der Waals surface area contributed by atoms with Crippen molar-refractivity contribution in [3.05, 3.63) is 88.4 Å². The zero-order valence-electron chi connectivity index (χ0n) is 14.4. The van der Waals surface area contributed by atoms with Crippen molar-refractivity contribution < 1.29 is 9.18 Å². The third kappa shape index (κ3) is 3.50. The minimum atomic E-state index is -0.602. The van der Waals surface area contributed by atoms with E-state index < -0.39 is 11.9 Å². The van der Waals surface area contributed by atoms with Crippen LogP contribution in [0, 0.1) is 5.82 Å². The Morgan fingerprint density at radius 3 is 2.93 bits per heavy atom. The molecule has 0 fully saturated rings. The number of nitrogens with zero attached hydrogens (tertiary/aromatic N) is 2. The first-order valence-corrected chi connectivity index (χ1v) is 8.56. The van der Waals surface area contributed by atoms with Gasteiger partial charge in [0.2, 0.25) is 5.91 Å². The molecule has 0 radical (unpaired) electrons. The van der Waals surface area contributed by atoms with Crippen molar-refractivity contribution >= 4 is 11.6 Å². The molecule has 1 aliphatic heterocycles. The molecule has 1 aromatic carbocycles. The Morgan fingerprint density at radius 2 is 2.11 bits per heavy atom. The van der Waals surface area contributed by atoms with E-state index in [0.29, 0.717) is 18.7 Å². The molecule has 0 saturated carbocycles. The van der Waals surface area contributed by atoms with Crippen molar-refractivity contribution in [2.45, 2.75) is 19.0 Å². The molecule has 4 rings (SSSR count). The van der Waals surface area contributed by atoms with E-state index in [-0.39, 0.29) is 17.2 Å². The number of hydrogen-bond donors (Lipinski definition) is 2. The highest BCUT2D eigenvalue weighted by atomic mass is 19.1. The van der Waals surface area contributed by atoms with E-state index in [1.165, 1.54) is 22.8 Å². The number of hydrogen-bond acceptors (Lipinski definition) is 4. The average Bonchev–Trinajstić information content (AvgIpc) is 2.69. The molecule has 3 heterocycles. The molecule has 6 nitrogen and oxygen atoms in total. The quantitative estimate of drug-likeness (QED) is 0.746. The third-order valence-electron chi connectivity index (χ3n) is 4.55. The molecule has 0 bridgehead atoms. The summed E-state index contributed by atoms with van der Waals surface area (Å²) in [5, 5.41) is 5.74. The van der Waals surface area contributed by atoms with Crippen molar-refractivity contribution in [2.75, 3.05) is 5.32 Å². The van der Waals surface area contributed by atoms with Crippen LogP contribution in [0.3, 0.4) is 0 Å². The Kier molecular flexibility index (Phi) is 4.52. The van der Waals surface area contributed by atoms with Crippen molar-refractivity contribution in [3.8, 4) is 5.69 Å². The topological polar surface area (TPSA) is 76.0 Å². The fourth-order valence-electron chi connectivity index (χ4n) is 3.13. The molecule has 0 aliphatic carbocycles. The number of benzene rings is 1. The normalized spacial score (nSPS) is 15.8. The van der Waals surface area contributed by atoms with Gasteiger partial charge in [-0.3, -0.25) is 24.5 Å².